The van der Waals surface area contributed by atoms with Crippen LogP contribution < -0.4 is 10.1 Å². The maximum absolute atomic E-state index is 5.88. The third-order valence-electron chi connectivity index (χ3n) is 3.90. The van der Waals surface area contributed by atoms with Crippen LogP contribution in [0.5, 0.6) is 5.75 Å². The summed E-state index contributed by atoms with van der Waals surface area (Å²) in [5, 5.41) is 3.27. The van der Waals surface area contributed by atoms with E-state index in [0.717, 1.165) is 24.5 Å². The molecule has 1 aromatic rings. The zero-order valence-corrected chi connectivity index (χ0v) is 13.5. The van der Waals surface area contributed by atoms with Gasteiger partial charge in [0.1, 0.15) is 5.75 Å². The van der Waals surface area contributed by atoms with E-state index < -0.39 is 0 Å². The number of hydrogen-bond donors (Lipinski definition) is 1. The number of hydrogen-bond acceptors (Lipinski definition) is 3. The molecule has 20 heavy (non-hydrogen) atoms. The summed E-state index contributed by atoms with van der Waals surface area (Å²) >= 11 is 0. The Hall–Kier alpha value is -1.09. The Morgan fingerprint density at radius 3 is 2.50 bits per heavy atom. The normalized spacial score (nSPS) is 14.0. The lowest BCUT2D eigenvalue weighted by atomic mass is 10.0. The smallest absolute Gasteiger partial charge is 0.137 e. The number of nitrogens with one attached hydrogen (secondary N) is 1. The molecular weight excluding hydrogens is 248 g/mol. The highest BCUT2D eigenvalue weighted by molar-refractivity contribution is 5.21. The van der Waals surface area contributed by atoms with Gasteiger partial charge in [-0.25, -0.2) is 0 Å². The summed E-state index contributed by atoms with van der Waals surface area (Å²) in [6.45, 7) is 7.44. The van der Waals surface area contributed by atoms with Crippen molar-refractivity contribution in [3.8, 4) is 5.75 Å². The minimum atomic E-state index is 0.331. The van der Waals surface area contributed by atoms with Crippen molar-refractivity contribution in [1.29, 1.82) is 0 Å². The first-order chi connectivity index (χ1) is 9.74. The maximum atomic E-state index is 5.88. The minimum absolute atomic E-state index is 0.331. The Bertz CT molecular complexity index is 347. The van der Waals surface area contributed by atoms with E-state index in [1.165, 1.54) is 25.7 Å². The molecular formula is C17H30N2O. The molecule has 0 bridgehead atoms. The molecule has 0 aliphatic heterocycles. The molecule has 0 aliphatic carbocycles. The first-order valence-electron chi connectivity index (χ1n) is 8.01. The van der Waals surface area contributed by atoms with E-state index in [9.17, 15) is 0 Å². The van der Waals surface area contributed by atoms with Crippen LogP contribution in [0, 0.1) is 5.92 Å². The van der Waals surface area contributed by atoms with E-state index in [4.69, 9.17) is 4.74 Å². The lowest BCUT2D eigenvalue weighted by Crippen LogP contribution is -2.16. The molecule has 0 aromatic carbocycles. The van der Waals surface area contributed by atoms with Gasteiger partial charge in [0, 0.05) is 6.04 Å². The van der Waals surface area contributed by atoms with E-state index in [1.54, 1.807) is 0 Å². The molecule has 1 aromatic heterocycles. The first kappa shape index (κ1) is 17.0. The van der Waals surface area contributed by atoms with Gasteiger partial charge in [-0.1, -0.05) is 40.0 Å². The highest BCUT2D eigenvalue weighted by Gasteiger charge is 2.09. The van der Waals surface area contributed by atoms with Crippen LogP contribution in [0.3, 0.4) is 0 Å². The second-order valence-corrected chi connectivity index (χ2v) is 5.40. The molecule has 0 amide bonds. The molecule has 3 heteroatoms. The van der Waals surface area contributed by atoms with Crippen LogP contribution in [0.1, 0.15) is 64.6 Å². The third-order valence-corrected chi connectivity index (χ3v) is 3.90. The Morgan fingerprint density at radius 2 is 2.00 bits per heavy atom. The lowest BCUT2D eigenvalue weighted by molar-refractivity contribution is 0.232. The second-order valence-electron chi connectivity index (χ2n) is 5.40. The topological polar surface area (TPSA) is 34.1 Å². The Balaban J connectivity index is 2.48. The molecule has 0 aliphatic rings. The monoisotopic (exact) mass is 278 g/mol. The van der Waals surface area contributed by atoms with Gasteiger partial charge in [0.25, 0.3) is 0 Å². The lowest BCUT2D eigenvalue weighted by Gasteiger charge is -2.16. The van der Waals surface area contributed by atoms with Crippen molar-refractivity contribution in [3.05, 3.63) is 24.0 Å². The zero-order valence-electron chi connectivity index (χ0n) is 13.5. The van der Waals surface area contributed by atoms with Crippen LogP contribution in [-0.4, -0.2) is 18.6 Å². The van der Waals surface area contributed by atoms with Gasteiger partial charge in [-0.05, 0) is 37.9 Å². The quantitative estimate of drug-likeness (QED) is 0.691. The van der Waals surface area contributed by atoms with E-state index in [1.807, 2.05) is 19.3 Å². The van der Waals surface area contributed by atoms with Crippen LogP contribution in [0.4, 0.5) is 0 Å². The zero-order chi connectivity index (χ0) is 14.8. The molecule has 2 atom stereocenters. The van der Waals surface area contributed by atoms with Crippen molar-refractivity contribution in [1.82, 2.24) is 10.3 Å². The van der Waals surface area contributed by atoms with Crippen molar-refractivity contribution in [3.63, 3.8) is 0 Å². The van der Waals surface area contributed by atoms with Gasteiger partial charge in [-0.3, -0.25) is 4.98 Å². The van der Waals surface area contributed by atoms with E-state index in [2.05, 4.69) is 37.1 Å². The standard InChI is InChI=1S/C17H30N2O/c1-5-8-9-14(6-2)13-20-15-10-11-17(19-12-15)16(7-3)18-4/h10-12,14,16,18H,5-9,13H2,1-4H3. The van der Waals surface area contributed by atoms with E-state index in [0.29, 0.717) is 12.0 Å². The molecule has 0 saturated carbocycles. The van der Waals surface area contributed by atoms with Gasteiger partial charge < -0.3 is 10.1 Å². The second kappa shape index (κ2) is 9.76. The SMILES string of the molecule is CCCCC(CC)COc1ccc(C(CC)NC)nc1. The molecule has 0 saturated heterocycles. The van der Waals surface area contributed by atoms with Gasteiger partial charge in [-0.2, -0.15) is 0 Å². The van der Waals surface area contributed by atoms with Gasteiger partial charge in [-0.15, -0.1) is 0 Å². The predicted molar refractivity (Wildman–Crippen MR) is 85.1 cm³/mol. The number of nitrogens with zero attached hydrogens (tertiary/aromatic N) is 1. The van der Waals surface area contributed by atoms with Crippen molar-refractivity contribution < 1.29 is 4.74 Å². The molecule has 0 radical (unpaired) electrons. The Labute approximate surface area is 124 Å². The van der Waals surface area contributed by atoms with Crippen LogP contribution in [-0.2, 0) is 0 Å². The molecule has 0 fully saturated rings. The number of pyridine rings is 1. The van der Waals surface area contributed by atoms with Crippen LogP contribution in [0.25, 0.3) is 0 Å². The van der Waals surface area contributed by atoms with Crippen molar-refractivity contribution in [2.24, 2.45) is 5.92 Å². The predicted octanol–water partition coefficient (Wildman–Crippen LogP) is 4.35. The Kier molecular flexibility index (Phi) is 8.28. The maximum Gasteiger partial charge on any atom is 0.137 e. The van der Waals surface area contributed by atoms with Crippen LogP contribution >= 0.6 is 0 Å². The third kappa shape index (κ3) is 5.49. The van der Waals surface area contributed by atoms with Crippen molar-refractivity contribution in [2.75, 3.05) is 13.7 Å². The molecule has 2 unspecified atom stereocenters. The fourth-order valence-electron chi connectivity index (χ4n) is 2.36. The van der Waals surface area contributed by atoms with Crippen molar-refractivity contribution in [2.45, 2.75) is 58.9 Å². The summed E-state index contributed by atoms with van der Waals surface area (Å²) in [5.74, 6) is 1.55. The van der Waals surface area contributed by atoms with Crippen molar-refractivity contribution >= 4 is 0 Å². The molecule has 1 N–H and O–H groups in total. The highest BCUT2D eigenvalue weighted by Crippen LogP contribution is 2.19. The van der Waals surface area contributed by atoms with Gasteiger partial charge in [0.05, 0.1) is 18.5 Å². The summed E-state index contributed by atoms with van der Waals surface area (Å²) in [6, 6.07) is 4.43. The van der Waals surface area contributed by atoms with E-state index >= 15 is 0 Å². The van der Waals surface area contributed by atoms with Gasteiger partial charge in [0.2, 0.25) is 0 Å². The van der Waals surface area contributed by atoms with Gasteiger partial charge in [0.15, 0.2) is 0 Å². The van der Waals surface area contributed by atoms with Crippen LogP contribution in [0.2, 0.25) is 0 Å². The average Bonchev–Trinajstić information content (AvgIpc) is 2.50. The minimum Gasteiger partial charge on any atom is -0.492 e. The molecule has 114 valence electrons. The van der Waals surface area contributed by atoms with Gasteiger partial charge >= 0.3 is 0 Å². The number of rotatable bonds is 10. The number of aromatic nitrogens is 1. The Morgan fingerprint density at radius 1 is 1.20 bits per heavy atom. The van der Waals surface area contributed by atoms with Crippen LogP contribution in [0.15, 0.2) is 18.3 Å². The molecule has 1 heterocycles. The summed E-state index contributed by atoms with van der Waals surface area (Å²) in [7, 11) is 1.97. The number of unbranched alkanes of at least 4 members (excludes halogenated alkanes) is 1. The summed E-state index contributed by atoms with van der Waals surface area (Å²) in [6.07, 6.45) is 7.88. The molecule has 0 spiro atoms. The summed E-state index contributed by atoms with van der Waals surface area (Å²) in [4.78, 5) is 4.50. The summed E-state index contributed by atoms with van der Waals surface area (Å²) in [5.41, 5.74) is 1.08. The molecule has 3 nitrogen and oxygen atoms in total. The highest BCUT2D eigenvalue weighted by atomic mass is 16.5. The fourth-order valence-corrected chi connectivity index (χ4v) is 2.36. The largest absolute Gasteiger partial charge is 0.492 e. The summed E-state index contributed by atoms with van der Waals surface area (Å²) < 4.78 is 5.88. The van der Waals surface area contributed by atoms with E-state index in [-0.39, 0.29) is 0 Å². The first-order valence-corrected chi connectivity index (χ1v) is 8.01. The molecule has 1 rings (SSSR count). The number of ether oxygens (including phenoxy) is 1. The fraction of sp³-hybridized carbons (Fsp3) is 0.706. The average molecular weight is 278 g/mol.